The zero-order valence-corrected chi connectivity index (χ0v) is 17.9. The fourth-order valence-corrected chi connectivity index (χ4v) is 3.02. The third-order valence-electron chi connectivity index (χ3n) is 4.40. The molecule has 0 fully saturated rings. The van der Waals surface area contributed by atoms with E-state index in [1.807, 2.05) is 60.6 Å². The van der Waals surface area contributed by atoms with Gasteiger partial charge in [-0.25, -0.2) is 0 Å². The summed E-state index contributed by atoms with van der Waals surface area (Å²) in [5.74, 6) is 0.565. The molecule has 0 spiro atoms. The Kier molecular flexibility index (Phi) is 6.90. The normalized spacial score (nSPS) is 11.8. The van der Waals surface area contributed by atoms with Crippen LogP contribution in [-0.4, -0.2) is 23.2 Å². The largest absolute Gasteiger partial charge is 0.504 e. The van der Waals surface area contributed by atoms with E-state index in [9.17, 15) is 9.90 Å². The third kappa shape index (κ3) is 5.38. The molecule has 0 heterocycles. The minimum Gasteiger partial charge on any atom is -0.504 e. The molecule has 4 nitrogen and oxygen atoms in total. The van der Waals surface area contributed by atoms with Crippen molar-refractivity contribution in [2.45, 2.75) is 60.6 Å². The monoisotopic (exact) mass is 381 g/mol. The van der Waals surface area contributed by atoms with E-state index in [1.165, 1.54) is 0 Å². The Balaban J connectivity index is 2.36. The first-order valence-corrected chi connectivity index (χ1v) is 9.69. The first-order chi connectivity index (χ1) is 13.1. The van der Waals surface area contributed by atoms with Gasteiger partial charge in [-0.2, -0.15) is 0 Å². The summed E-state index contributed by atoms with van der Waals surface area (Å²) < 4.78 is 5.61. The number of carbonyl (C=O) groups excluding carboxylic acids is 1. The Morgan fingerprint density at radius 1 is 1.07 bits per heavy atom. The smallest absolute Gasteiger partial charge is 0.247 e. The molecule has 0 unspecified atom stereocenters. The van der Waals surface area contributed by atoms with Crippen molar-refractivity contribution in [2.24, 2.45) is 0 Å². The number of carbonyl (C=O) groups is 1. The third-order valence-corrected chi connectivity index (χ3v) is 4.40. The van der Waals surface area contributed by atoms with Gasteiger partial charge in [0.05, 0.1) is 6.10 Å². The van der Waals surface area contributed by atoms with E-state index in [1.54, 1.807) is 12.1 Å². The van der Waals surface area contributed by atoms with Gasteiger partial charge < -0.3 is 15.2 Å². The number of phenols is 1. The quantitative estimate of drug-likeness (QED) is 0.660. The number of aromatic hydroxyl groups is 1. The molecule has 0 aliphatic rings. The molecule has 0 saturated carbocycles. The van der Waals surface area contributed by atoms with E-state index in [0.29, 0.717) is 11.3 Å². The van der Waals surface area contributed by atoms with Gasteiger partial charge in [0.15, 0.2) is 11.5 Å². The van der Waals surface area contributed by atoms with Gasteiger partial charge in [-0.15, -0.1) is 0 Å². The number of ether oxygens (including phenoxy) is 1. The highest BCUT2D eigenvalue weighted by Gasteiger charge is 2.12. The van der Waals surface area contributed by atoms with Crippen molar-refractivity contribution < 1.29 is 14.6 Å². The molecule has 2 aromatic rings. The number of hydrogen-bond acceptors (Lipinski definition) is 3. The topological polar surface area (TPSA) is 58.6 Å². The molecule has 0 saturated heterocycles. The summed E-state index contributed by atoms with van der Waals surface area (Å²) in [4.78, 5) is 12.2. The van der Waals surface area contributed by atoms with Crippen molar-refractivity contribution in [1.82, 2.24) is 5.32 Å². The van der Waals surface area contributed by atoms with E-state index in [0.717, 1.165) is 27.8 Å². The van der Waals surface area contributed by atoms with E-state index < -0.39 is 0 Å². The minimum atomic E-state index is -0.0539. The van der Waals surface area contributed by atoms with E-state index >= 15 is 0 Å². The number of benzene rings is 2. The van der Waals surface area contributed by atoms with Crippen molar-refractivity contribution >= 4 is 12.0 Å². The molecular formula is C24H31NO3. The molecular weight excluding hydrogens is 350 g/mol. The summed E-state index contributed by atoms with van der Waals surface area (Å²) in [5.41, 5.74) is 5.81. The van der Waals surface area contributed by atoms with Crippen LogP contribution < -0.4 is 10.1 Å². The van der Waals surface area contributed by atoms with Crippen molar-refractivity contribution in [3.8, 4) is 22.6 Å². The van der Waals surface area contributed by atoms with Crippen LogP contribution in [0.3, 0.4) is 0 Å². The maximum absolute atomic E-state index is 12.2. The average molecular weight is 382 g/mol. The first-order valence-electron chi connectivity index (χ1n) is 9.69. The molecule has 0 radical (unpaired) electrons. The summed E-state index contributed by atoms with van der Waals surface area (Å²) in [6.07, 6.45) is 1.92. The SMILES string of the molecule is C/C(=C\c1cc(C)c(-c2ccc(OC(C)C)c(O)c2)cc1C)C(=O)NC(C)C. The van der Waals surface area contributed by atoms with Crippen LogP contribution in [0.1, 0.15) is 51.3 Å². The number of aryl methyl sites for hydroxylation is 2. The van der Waals surface area contributed by atoms with Crippen LogP contribution in [0.25, 0.3) is 17.2 Å². The van der Waals surface area contributed by atoms with Gasteiger partial charge in [-0.1, -0.05) is 18.2 Å². The van der Waals surface area contributed by atoms with Crippen LogP contribution in [0.15, 0.2) is 35.9 Å². The Morgan fingerprint density at radius 2 is 1.75 bits per heavy atom. The summed E-state index contributed by atoms with van der Waals surface area (Å²) in [6, 6.07) is 9.76. The average Bonchev–Trinajstić information content (AvgIpc) is 2.58. The highest BCUT2D eigenvalue weighted by atomic mass is 16.5. The highest BCUT2D eigenvalue weighted by Crippen LogP contribution is 2.34. The molecule has 2 aromatic carbocycles. The number of hydrogen-bond donors (Lipinski definition) is 2. The molecule has 0 bridgehead atoms. The molecule has 150 valence electrons. The van der Waals surface area contributed by atoms with E-state index in [2.05, 4.69) is 17.4 Å². The Hall–Kier alpha value is -2.75. The lowest BCUT2D eigenvalue weighted by Crippen LogP contribution is -2.30. The zero-order chi connectivity index (χ0) is 21.0. The molecule has 2 rings (SSSR count). The summed E-state index contributed by atoms with van der Waals surface area (Å²) in [5, 5.41) is 13.2. The maximum Gasteiger partial charge on any atom is 0.247 e. The first kappa shape index (κ1) is 21.5. The van der Waals surface area contributed by atoms with Crippen LogP contribution >= 0.6 is 0 Å². The number of amides is 1. The second-order valence-electron chi connectivity index (χ2n) is 7.83. The predicted molar refractivity (Wildman–Crippen MR) is 116 cm³/mol. The van der Waals surface area contributed by atoms with Gasteiger partial charge in [0.2, 0.25) is 5.91 Å². The van der Waals surface area contributed by atoms with Gasteiger partial charge in [-0.3, -0.25) is 4.79 Å². The lowest BCUT2D eigenvalue weighted by atomic mass is 9.94. The number of nitrogens with one attached hydrogen (secondary N) is 1. The molecule has 4 heteroatoms. The van der Waals surface area contributed by atoms with Crippen LogP contribution in [0.5, 0.6) is 11.5 Å². The Morgan fingerprint density at radius 3 is 2.32 bits per heavy atom. The van der Waals surface area contributed by atoms with Crippen LogP contribution in [0, 0.1) is 13.8 Å². The molecule has 0 aliphatic heterocycles. The summed E-state index contributed by atoms with van der Waals surface area (Å²) in [7, 11) is 0. The lowest BCUT2D eigenvalue weighted by Gasteiger charge is -2.15. The molecule has 28 heavy (non-hydrogen) atoms. The molecule has 0 aliphatic carbocycles. The lowest BCUT2D eigenvalue weighted by molar-refractivity contribution is -0.117. The van der Waals surface area contributed by atoms with E-state index in [4.69, 9.17) is 4.74 Å². The predicted octanol–water partition coefficient (Wildman–Crippen LogP) is 5.39. The molecule has 2 N–H and O–H groups in total. The van der Waals surface area contributed by atoms with Crippen LogP contribution in [0.4, 0.5) is 0 Å². The van der Waals surface area contributed by atoms with Crippen molar-refractivity contribution in [2.75, 3.05) is 0 Å². The fraction of sp³-hybridized carbons (Fsp3) is 0.375. The highest BCUT2D eigenvalue weighted by molar-refractivity contribution is 5.97. The van der Waals surface area contributed by atoms with Gasteiger partial charge in [0.1, 0.15) is 0 Å². The Labute approximate surface area is 168 Å². The van der Waals surface area contributed by atoms with Crippen molar-refractivity contribution in [1.29, 1.82) is 0 Å². The maximum atomic E-state index is 12.2. The standard InChI is InChI=1S/C24H31NO3/c1-14(2)25-24(27)18(7)11-20-10-17(6)21(12-16(20)5)19-8-9-23(22(26)13-19)28-15(3)4/h8-15,26H,1-7H3,(H,25,27)/b18-11+. The van der Waals surface area contributed by atoms with Gasteiger partial charge in [0, 0.05) is 11.6 Å². The van der Waals surface area contributed by atoms with E-state index in [-0.39, 0.29) is 23.8 Å². The van der Waals surface area contributed by atoms with Gasteiger partial charge >= 0.3 is 0 Å². The van der Waals surface area contributed by atoms with Crippen LogP contribution in [-0.2, 0) is 4.79 Å². The fourth-order valence-electron chi connectivity index (χ4n) is 3.02. The van der Waals surface area contributed by atoms with Crippen LogP contribution in [0.2, 0.25) is 0 Å². The molecule has 1 amide bonds. The number of rotatable bonds is 6. The van der Waals surface area contributed by atoms with Gasteiger partial charge in [0.25, 0.3) is 0 Å². The number of phenolic OH excluding ortho intramolecular Hbond substituents is 1. The minimum absolute atomic E-state index is 0.00272. The Bertz CT molecular complexity index is 895. The summed E-state index contributed by atoms with van der Waals surface area (Å²) >= 11 is 0. The second kappa shape index (κ2) is 8.96. The second-order valence-corrected chi connectivity index (χ2v) is 7.83. The zero-order valence-electron chi connectivity index (χ0n) is 17.9. The molecule has 0 aromatic heterocycles. The van der Waals surface area contributed by atoms with Gasteiger partial charge in [-0.05, 0) is 94.5 Å². The van der Waals surface area contributed by atoms with Crippen molar-refractivity contribution in [3.05, 3.63) is 52.6 Å². The summed E-state index contributed by atoms with van der Waals surface area (Å²) in [6.45, 7) is 13.6. The van der Waals surface area contributed by atoms with Crippen molar-refractivity contribution in [3.63, 3.8) is 0 Å². The molecule has 0 atom stereocenters.